The summed E-state index contributed by atoms with van der Waals surface area (Å²) in [5.41, 5.74) is 0.865. The molecule has 0 atom stereocenters. The Hall–Kier alpha value is -2.63. The van der Waals surface area contributed by atoms with Gasteiger partial charge in [-0.25, -0.2) is 4.79 Å². The molecule has 2 rings (SSSR count). The van der Waals surface area contributed by atoms with Gasteiger partial charge in [0.1, 0.15) is 5.60 Å². The highest BCUT2D eigenvalue weighted by Crippen LogP contribution is 2.31. The van der Waals surface area contributed by atoms with Gasteiger partial charge in [0.05, 0.1) is 5.57 Å². The van der Waals surface area contributed by atoms with Gasteiger partial charge in [-0.2, -0.15) is 0 Å². The predicted molar refractivity (Wildman–Crippen MR) is 117 cm³/mol. The van der Waals surface area contributed by atoms with Crippen LogP contribution in [0.15, 0.2) is 42.1 Å². The monoisotopic (exact) mass is 414 g/mol. The summed E-state index contributed by atoms with van der Waals surface area (Å²) in [4.78, 5) is 36.3. The van der Waals surface area contributed by atoms with E-state index in [1.54, 1.807) is 6.20 Å². The van der Waals surface area contributed by atoms with E-state index in [2.05, 4.69) is 10.6 Å². The van der Waals surface area contributed by atoms with Gasteiger partial charge >= 0.3 is 6.09 Å². The highest BCUT2D eigenvalue weighted by Gasteiger charge is 2.31. The van der Waals surface area contributed by atoms with Crippen LogP contribution in [0, 0.1) is 0 Å². The van der Waals surface area contributed by atoms with Gasteiger partial charge in [0.2, 0.25) is 0 Å². The Kier molecular flexibility index (Phi) is 9.09. The maximum atomic E-state index is 12.4. The number of unbranched alkanes of at least 4 members (excludes halogenated alkanes) is 3. The fraction of sp³-hybridized carbons (Fsp3) is 0.542. The first-order chi connectivity index (χ1) is 14.3. The van der Waals surface area contributed by atoms with Crippen molar-refractivity contribution in [3.05, 3.63) is 47.7 Å². The van der Waals surface area contributed by atoms with E-state index in [4.69, 9.17) is 4.74 Å². The van der Waals surface area contributed by atoms with Crippen LogP contribution in [0.2, 0.25) is 0 Å². The second kappa shape index (κ2) is 11.5. The molecule has 0 bridgehead atoms. The third-order valence-electron chi connectivity index (χ3n) is 4.90. The first-order valence-corrected chi connectivity index (χ1v) is 10.8. The summed E-state index contributed by atoms with van der Waals surface area (Å²) in [6, 6.07) is 9.75. The number of carbonyl (C=O) groups excluding carboxylic acids is 3. The fourth-order valence-electron chi connectivity index (χ4n) is 3.40. The lowest BCUT2D eigenvalue weighted by Gasteiger charge is -2.22. The highest BCUT2D eigenvalue weighted by molar-refractivity contribution is 6.22. The lowest BCUT2D eigenvalue weighted by molar-refractivity contribution is -0.124. The summed E-state index contributed by atoms with van der Waals surface area (Å²) >= 11 is 0. The van der Waals surface area contributed by atoms with Crippen LogP contribution in [-0.2, 0) is 14.3 Å². The first-order valence-electron chi connectivity index (χ1n) is 10.8. The summed E-state index contributed by atoms with van der Waals surface area (Å²) in [6.07, 6.45) is 5.79. The zero-order chi connectivity index (χ0) is 22.0. The van der Waals surface area contributed by atoms with Crippen molar-refractivity contribution in [1.29, 1.82) is 0 Å². The van der Waals surface area contributed by atoms with Crippen LogP contribution >= 0.6 is 0 Å². The second-order valence-corrected chi connectivity index (χ2v) is 8.72. The molecule has 1 amide bonds. The zero-order valence-electron chi connectivity index (χ0n) is 18.3. The Morgan fingerprint density at radius 2 is 1.60 bits per heavy atom. The number of allylic oxidation sites excluding steroid dienone is 1. The maximum absolute atomic E-state index is 12.4. The van der Waals surface area contributed by atoms with Gasteiger partial charge in [-0.15, -0.1) is 0 Å². The number of alkyl carbamates (subject to hydrolysis) is 1. The molecule has 1 aromatic carbocycles. The normalized spacial score (nSPS) is 16.9. The van der Waals surface area contributed by atoms with Crippen molar-refractivity contribution in [2.75, 3.05) is 13.1 Å². The quantitative estimate of drug-likeness (QED) is 0.358. The number of ketones is 2. The number of ether oxygens (including phenoxy) is 1. The van der Waals surface area contributed by atoms with Crippen LogP contribution in [0.25, 0.3) is 0 Å². The molecule has 6 heteroatoms. The molecule has 30 heavy (non-hydrogen) atoms. The van der Waals surface area contributed by atoms with Gasteiger partial charge in [-0.1, -0.05) is 43.2 Å². The predicted octanol–water partition coefficient (Wildman–Crippen LogP) is 4.26. The number of amides is 1. The lowest BCUT2D eigenvalue weighted by Crippen LogP contribution is -2.32. The van der Waals surface area contributed by atoms with E-state index in [0.717, 1.165) is 31.2 Å². The number of carbonyl (C=O) groups is 3. The third-order valence-corrected chi connectivity index (χ3v) is 4.90. The Morgan fingerprint density at radius 1 is 1.00 bits per heavy atom. The average molecular weight is 415 g/mol. The summed E-state index contributed by atoms with van der Waals surface area (Å²) in [7, 11) is 0. The molecule has 0 radical (unpaired) electrons. The SMILES string of the molecule is CC(C)(C)OC(=O)NCCCCCCNC=C1C(=O)CC(c2ccccc2)CC1=O. The molecule has 1 fully saturated rings. The van der Waals surface area contributed by atoms with Gasteiger partial charge in [0.15, 0.2) is 11.6 Å². The number of hydrogen-bond donors (Lipinski definition) is 2. The summed E-state index contributed by atoms with van der Waals surface area (Å²) in [5.74, 6) is -0.181. The maximum Gasteiger partial charge on any atom is 0.407 e. The molecule has 0 unspecified atom stereocenters. The van der Waals surface area contributed by atoms with E-state index >= 15 is 0 Å². The third kappa shape index (κ3) is 8.39. The molecule has 1 saturated carbocycles. The zero-order valence-corrected chi connectivity index (χ0v) is 18.3. The molecule has 2 N–H and O–H groups in total. The van der Waals surface area contributed by atoms with Gasteiger partial charge in [0, 0.05) is 32.1 Å². The Labute approximate surface area is 179 Å². The Morgan fingerprint density at radius 3 is 2.20 bits per heavy atom. The number of nitrogens with one attached hydrogen (secondary N) is 2. The summed E-state index contributed by atoms with van der Waals surface area (Å²) in [6.45, 7) is 6.82. The molecular formula is C24H34N2O4. The van der Waals surface area contributed by atoms with E-state index < -0.39 is 5.60 Å². The van der Waals surface area contributed by atoms with E-state index in [1.807, 2.05) is 51.1 Å². The number of Topliss-reactive ketones (excluding diaryl/α,β-unsaturated/α-hetero) is 2. The van der Waals surface area contributed by atoms with Gasteiger partial charge in [-0.3, -0.25) is 9.59 Å². The lowest BCUT2D eigenvalue weighted by atomic mass is 9.80. The molecule has 0 saturated heterocycles. The van der Waals surface area contributed by atoms with E-state index in [0.29, 0.717) is 31.5 Å². The van der Waals surface area contributed by atoms with Crippen LogP contribution in [0.3, 0.4) is 0 Å². The molecule has 0 spiro atoms. The van der Waals surface area contributed by atoms with Crippen LogP contribution in [0.5, 0.6) is 0 Å². The largest absolute Gasteiger partial charge is 0.444 e. The smallest absolute Gasteiger partial charge is 0.407 e. The molecule has 6 nitrogen and oxygen atoms in total. The highest BCUT2D eigenvalue weighted by atomic mass is 16.6. The standard InChI is InChI=1S/C24H34N2O4/c1-24(2,3)30-23(29)26-14-10-5-4-9-13-25-17-20-21(27)15-19(16-22(20)28)18-11-7-6-8-12-18/h6-8,11-12,17,19,25H,4-5,9-10,13-16H2,1-3H3,(H,26,29). The van der Waals surface area contributed by atoms with Crippen LogP contribution in [0.1, 0.15) is 70.8 Å². The first kappa shape index (κ1) is 23.6. The average Bonchev–Trinajstić information content (AvgIpc) is 2.67. The van der Waals surface area contributed by atoms with E-state index in [-0.39, 0.29) is 23.6 Å². The van der Waals surface area contributed by atoms with E-state index in [9.17, 15) is 14.4 Å². The minimum atomic E-state index is -0.478. The number of rotatable bonds is 9. The van der Waals surface area contributed by atoms with E-state index in [1.165, 1.54) is 0 Å². The minimum Gasteiger partial charge on any atom is -0.444 e. The Bertz CT molecular complexity index is 730. The summed E-state index contributed by atoms with van der Waals surface area (Å²) < 4.78 is 5.18. The van der Waals surface area contributed by atoms with Crippen molar-refractivity contribution in [3.63, 3.8) is 0 Å². The second-order valence-electron chi connectivity index (χ2n) is 8.72. The van der Waals surface area contributed by atoms with Crippen molar-refractivity contribution in [2.45, 2.75) is 70.8 Å². The van der Waals surface area contributed by atoms with Crippen molar-refractivity contribution in [2.24, 2.45) is 0 Å². The van der Waals surface area contributed by atoms with Gasteiger partial charge < -0.3 is 15.4 Å². The van der Waals surface area contributed by atoms with Crippen molar-refractivity contribution in [3.8, 4) is 0 Å². The topological polar surface area (TPSA) is 84.5 Å². The van der Waals surface area contributed by atoms with Crippen molar-refractivity contribution in [1.82, 2.24) is 10.6 Å². The molecular weight excluding hydrogens is 380 g/mol. The molecule has 1 aliphatic carbocycles. The molecule has 1 aliphatic rings. The van der Waals surface area contributed by atoms with Crippen LogP contribution < -0.4 is 10.6 Å². The van der Waals surface area contributed by atoms with Crippen LogP contribution in [-0.4, -0.2) is 36.4 Å². The number of hydrogen-bond acceptors (Lipinski definition) is 5. The van der Waals surface area contributed by atoms with Gasteiger partial charge in [-0.05, 0) is 45.1 Å². The fourth-order valence-corrected chi connectivity index (χ4v) is 3.40. The molecule has 164 valence electrons. The molecule has 0 aliphatic heterocycles. The number of benzene rings is 1. The van der Waals surface area contributed by atoms with Crippen LogP contribution in [0.4, 0.5) is 4.79 Å². The summed E-state index contributed by atoms with van der Waals surface area (Å²) in [5, 5.41) is 5.86. The van der Waals surface area contributed by atoms with Crippen molar-refractivity contribution >= 4 is 17.7 Å². The molecule has 0 heterocycles. The minimum absolute atomic E-state index is 0.0161. The molecule has 0 aromatic heterocycles. The van der Waals surface area contributed by atoms with Crippen molar-refractivity contribution < 1.29 is 19.1 Å². The molecule has 1 aromatic rings. The Balaban J connectivity index is 1.59. The van der Waals surface area contributed by atoms with Gasteiger partial charge in [0.25, 0.3) is 0 Å².